The molecule has 0 aliphatic carbocycles. The molecule has 0 saturated carbocycles. The number of benzene rings is 9. The molecule has 252 valence electrons. The molecule has 0 radical (unpaired) electrons. The van der Waals surface area contributed by atoms with Crippen LogP contribution in [0.3, 0.4) is 0 Å². The zero-order chi connectivity index (χ0) is 35.6. The van der Waals surface area contributed by atoms with Gasteiger partial charge in [-0.2, -0.15) is 0 Å². The minimum Gasteiger partial charge on any atom is -0.454 e. The number of rotatable bonds is 5. The maximum Gasteiger partial charge on any atom is 0.159 e. The Hall–Kier alpha value is -7.16. The third kappa shape index (κ3) is 4.81. The lowest BCUT2D eigenvalue weighted by atomic mass is 9.91. The molecule has 11 aromatic rings. The predicted octanol–water partition coefficient (Wildman–Crippen LogP) is 14.5. The zero-order valence-corrected chi connectivity index (χ0v) is 29.4. The Morgan fingerprint density at radius 1 is 0.333 bits per heavy atom. The van der Waals surface area contributed by atoms with Gasteiger partial charge in [-0.15, -0.1) is 0 Å². The molecule has 0 bridgehead atoms. The van der Waals surface area contributed by atoms with Crippen LogP contribution in [0.25, 0.3) is 105 Å². The fourth-order valence-corrected chi connectivity index (χ4v) is 8.47. The molecule has 0 N–H and O–H groups in total. The van der Waals surface area contributed by atoms with E-state index >= 15 is 0 Å². The lowest BCUT2D eigenvalue weighted by Gasteiger charge is -2.12. The Morgan fingerprint density at radius 3 is 1.57 bits per heavy atom. The van der Waals surface area contributed by atoms with Gasteiger partial charge >= 0.3 is 0 Å². The fourth-order valence-electron chi connectivity index (χ4n) is 8.47. The highest BCUT2D eigenvalue weighted by atomic mass is 16.3. The van der Waals surface area contributed by atoms with Gasteiger partial charge in [0, 0.05) is 21.5 Å². The molecule has 54 heavy (non-hydrogen) atoms. The van der Waals surface area contributed by atoms with Crippen molar-refractivity contribution >= 4 is 54.5 Å². The Morgan fingerprint density at radius 2 is 0.907 bits per heavy atom. The van der Waals surface area contributed by atoms with Gasteiger partial charge in [0.1, 0.15) is 5.58 Å². The SMILES string of the molecule is c1ccc(-c2ccc3c4ccc(-c5ccccc5)cc4n(-c4cccc5c4oc4cccc(-c6cc(-c7ccccc7)c7ccccc7c6)c45)c3c2)cc1. The average molecular weight is 688 g/mol. The first kappa shape index (κ1) is 30.5. The number of aromatic nitrogens is 1. The predicted molar refractivity (Wildman–Crippen MR) is 227 cm³/mol. The number of hydrogen-bond acceptors (Lipinski definition) is 1. The molecule has 2 aromatic heterocycles. The topological polar surface area (TPSA) is 18.1 Å². The summed E-state index contributed by atoms with van der Waals surface area (Å²) in [5, 5.41) is 7.11. The van der Waals surface area contributed by atoms with Crippen LogP contribution >= 0.6 is 0 Å². The minimum absolute atomic E-state index is 0.873. The highest BCUT2D eigenvalue weighted by Crippen LogP contribution is 2.44. The van der Waals surface area contributed by atoms with E-state index in [1.165, 1.54) is 60.5 Å². The smallest absolute Gasteiger partial charge is 0.159 e. The lowest BCUT2D eigenvalue weighted by molar-refractivity contribution is 0.666. The van der Waals surface area contributed by atoms with E-state index < -0.39 is 0 Å². The minimum atomic E-state index is 0.873. The Balaban J connectivity index is 1.19. The molecule has 2 heteroatoms. The van der Waals surface area contributed by atoms with Crippen LogP contribution in [0, 0.1) is 0 Å². The molecule has 9 aromatic carbocycles. The van der Waals surface area contributed by atoms with Gasteiger partial charge in [-0.1, -0.05) is 164 Å². The van der Waals surface area contributed by atoms with Crippen LogP contribution < -0.4 is 0 Å². The van der Waals surface area contributed by atoms with Crippen LogP contribution in [-0.2, 0) is 0 Å². The van der Waals surface area contributed by atoms with Crippen molar-refractivity contribution in [2.24, 2.45) is 0 Å². The summed E-state index contributed by atoms with van der Waals surface area (Å²) in [6, 6.07) is 72.1. The van der Waals surface area contributed by atoms with Gasteiger partial charge < -0.3 is 8.98 Å². The van der Waals surface area contributed by atoms with E-state index in [0.29, 0.717) is 0 Å². The molecular weight excluding hydrogens is 655 g/mol. The van der Waals surface area contributed by atoms with E-state index in [4.69, 9.17) is 4.42 Å². The molecule has 0 aliphatic heterocycles. The van der Waals surface area contributed by atoms with Gasteiger partial charge in [0.05, 0.1) is 16.7 Å². The molecule has 0 amide bonds. The third-order valence-corrected chi connectivity index (χ3v) is 11.0. The molecule has 0 fully saturated rings. The summed E-state index contributed by atoms with van der Waals surface area (Å²) in [7, 11) is 0. The van der Waals surface area contributed by atoms with E-state index in [1.807, 2.05) is 0 Å². The molecule has 2 nitrogen and oxygen atoms in total. The van der Waals surface area contributed by atoms with E-state index in [2.05, 4.69) is 205 Å². The normalized spacial score (nSPS) is 11.7. The van der Waals surface area contributed by atoms with Crippen LogP contribution in [0.5, 0.6) is 0 Å². The highest BCUT2D eigenvalue weighted by Gasteiger charge is 2.21. The molecule has 0 saturated heterocycles. The van der Waals surface area contributed by atoms with Crippen molar-refractivity contribution in [2.75, 3.05) is 0 Å². The summed E-state index contributed by atoms with van der Waals surface area (Å²) in [6.07, 6.45) is 0. The Labute approximate surface area is 312 Å². The van der Waals surface area contributed by atoms with E-state index in [-0.39, 0.29) is 0 Å². The molecule has 0 aliphatic rings. The number of nitrogens with zero attached hydrogens (tertiary/aromatic N) is 1. The fraction of sp³-hybridized carbons (Fsp3) is 0. The summed E-state index contributed by atoms with van der Waals surface area (Å²) < 4.78 is 9.39. The van der Waals surface area contributed by atoms with Crippen molar-refractivity contribution in [1.82, 2.24) is 4.57 Å². The van der Waals surface area contributed by atoms with Crippen LogP contribution in [-0.4, -0.2) is 4.57 Å². The molecular formula is C52H33NO. The van der Waals surface area contributed by atoms with Crippen molar-refractivity contribution in [3.05, 3.63) is 200 Å². The molecule has 11 rings (SSSR count). The second-order valence-corrected chi connectivity index (χ2v) is 14.1. The van der Waals surface area contributed by atoms with E-state index in [0.717, 1.165) is 44.2 Å². The van der Waals surface area contributed by atoms with Gasteiger partial charge in [0.25, 0.3) is 0 Å². The van der Waals surface area contributed by atoms with Gasteiger partial charge in [-0.25, -0.2) is 0 Å². The van der Waals surface area contributed by atoms with Gasteiger partial charge in [-0.3, -0.25) is 0 Å². The quantitative estimate of drug-likeness (QED) is 0.176. The lowest BCUT2D eigenvalue weighted by Crippen LogP contribution is -1.95. The largest absolute Gasteiger partial charge is 0.454 e. The first-order valence-electron chi connectivity index (χ1n) is 18.5. The van der Waals surface area contributed by atoms with Gasteiger partial charge in [-0.05, 0) is 91.7 Å². The first-order chi connectivity index (χ1) is 26.8. The maximum absolute atomic E-state index is 6.98. The molecule has 0 atom stereocenters. The van der Waals surface area contributed by atoms with Gasteiger partial charge in [0.2, 0.25) is 0 Å². The van der Waals surface area contributed by atoms with Crippen LogP contribution in [0.15, 0.2) is 205 Å². The van der Waals surface area contributed by atoms with Crippen LogP contribution in [0.2, 0.25) is 0 Å². The first-order valence-corrected chi connectivity index (χ1v) is 18.5. The third-order valence-electron chi connectivity index (χ3n) is 11.0. The summed E-state index contributed by atoms with van der Waals surface area (Å²) in [4.78, 5) is 0. The molecule has 0 unspecified atom stereocenters. The number of hydrogen-bond donors (Lipinski definition) is 0. The van der Waals surface area contributed by atoms with E-state index in [1.54, 1.807) is 0 Å². The van der Waals surface area contributed by atoms with Crippen molar-refractivity contribution in [3.8, 4) is 50.2 Å². The Bertz CT molecular complexity index is 3090. The van der Waals surface area contributed by atoms with E-state index in [9.17, 15) is 0 Å². The molecule has 2 heterocycles. The van der Waals surface area contributed by atoms with Crippen molar-refractivity contribution < 1.29 is 4.42 Å². The van der Waals surface area contributed by atoms with Crippen LogP contribution in [0.4, 0.5) is 0 Å². The molecule has 0 spiro atoms. The summed E-state index contributed by atoms with van der Waals surface area (Å²) >= 11 is 0. The summed E-state index contributed by atoms with van der Waals surface area (Å²) in [5.41, 5.74) is 14.6. The summed E-state index contributed by atoms with van der Waals surface area (Å²) in [5.74, 6) is 0. The van der Waals surface area contributed by atoms with Crippen LogP contribution in [0.1, 0.15) is 0 Å². The number of para-hydroxylation sites is 1. The zero-order valence-electron chi connectivity index (χ0n) is 29.4. The van der Waals surface area contributed by atoms with Crippen molar-refractivity contribution in [1.29, 1.82) is 0 Å². The summed E-state index contributed by atoms with van der Waals surface area (Å²) in [6.45, 7) is 0. The second-order valence-electron chi connectivity index (χ2n) is 14.1. The average Bonchev–Trinajstić information content (AvgIpc) is 3.79. The van der Waals surface area contributed by atoms with Crippen molar-refractivity contribution in [3.63, 3.8) is 0 Å². The Kier molecular flexibility index (Phi) is 6.90. The second kappa shape index (κ2) is 12.2. The highest BCUT2D eigenvalue weighted by molar-refractivity contribution is 6.17. The number of furan rings is 1. The van der Waals surface area contributed by atoms with Gasteiger partial charge in [0.15, 0.2) is 5.58 Å². The standard InChI is InChI=1S/C52H33NO/c1-4-14-34(15-5-1)37-26-28-43-44-29-27-38(35-16-6-2-7-17-35)33-49(44)53(48(43)32-37)47-24-12-23-45-51-42(22-13-25-50(51)54-52(45)47)40-30-39-20-10-11-21-41(39)46(31-40)36-18-8-3-9-19-36/h1-33H. The maximum atomic E-state index is 6.98. The van der Waals surface area contributed by atoms with Crippen molar-refractivity contribution in [2.45, 2.75) is 0 Å². The monoisotopic (exact) mass is 687 g/mol. The number of fused-ring (bicyclic) bond motifs is 7.